The largest absolute Gasteiger partial charge is 0.394 e. The summed E-state index contributed by atoms with van der Waals surface area (Å²) in [7, 11) is 0. The molecule has 1 aliphatic rings. The summed E-state index contributed by atoms with van der Waals surface area (Å²) in [5, 5.41) is 21.3. The van der Waals surface area contributed by atoms with Crippen LogP contribution in [-0.2, 0) is 9.53 Å². The number of amides is 1. The number of ether oxygens (including phenoxy) is 1. The van der Waals surface area contributed by atoms with E-state index in [1.807, 2.05) is 0 Å². The van der Waals surface area contributed by atoms with Crippen molar-refractivity contribution in [2.75, 3.05) is 11.9 Å². The lowest BCUT2D eigenvalue weighted by molar-refractivity contribution is -0.115. The van der Waals surface area contributed by atoms with E-state index in [0.717, 1.165) is 4.57 Å². The molecule has 0 saturated carbocycles. The first-order chi connectivity index (χ1) is 9.97. The zero-order valence-corrected chi connectivity index (χ0v) is 11.5. The Morgan fingerprint density at radius 2 is 2.33 bits per heavy atom. The van der Waals surface area contributed by atoms with Gasteiger partial charge in [-0.3, -0.25) is 9.36 Å². The molecule has 0 spiro atoms. The maximum atomic E-state index is 12.0. The molecular formula is C12H18N4O5. The van der Waals surface area contributed by atoms with Crippen LogP contribution >= 0.6 is 0 Å². The van der Waals surface area contributed by atoms with Gasteiger partial charge in [0.2, 0.25) is 5.91 Å². The molecule has 0 unspecified atom stereocenters. The Hall–Kier alpha value is -1.81. The summed E-state index contributed by atoms with van der Waals surface area (Å²) in [6.45, 7) is 1.27. The Morgan fingerprint density at radius 3 is 2.86 bits per heavy atom. The zero-order valence-electron chi connectivity index (χ0n) is 11.5. The van der Waals surface area contributed by atoms with Crippen LogP contribution in [0.4, 0.5) is 5.82 Å². The molecule has 21 heavy (non-hydrogen) atoms. The molecule has 1 aromatic heterocycles. The van der Waals surface area contributed by atoms with E-state index >= 15 is 0 Å². The number of aromatic nitrogens is 2. The van der Waals surface area contributed by atoms with Crippen LogP contribution in [0.25, 0.3) is 0 Å². The van der Waals surface area contributed by atoms with Gasteiger partial charge in [-0.2, -0.15) is 4.98 Å². The van der Waals surface area contributed by atoms with Crippen LogP contribution in [0.15, 0.2) is 17.1 Å². The molecule has 1 aromatic rings. The predicted molar refractivity (Wildman–Crippen MR) is 72.4 cm³/mol. The molecule has 1 amide bonds. The number of rotatable bonds is 4. The first kappa shape index (κ1) is 15.6. The number of carbonyl (C=O) groups is 1. The fourth-order valence-electron chi connectivity index (χ4n) is 2.08. The highest BCUT2D eigenvalue weighted by Crippen LogP contribution is 2.26. The van der Waals surface area contributed by atoms with Gasteiger partial charge in [0, 0.05) is 12.6 Å². The molecule has 0 radical (unpaired) electrons. The summed E-state index contributed by atoms with van der Waals surface area (Å²) < 4.78 is 6.47. The maximum Gasteiger partial charge on any atom is 0.351 e. The van der Waals surface area contributed by atoms with Crippen LogP contribution in [0, 0.1) is 0 Å². The molecule has 1 saturated heterocycles. The van der Waals surface area contributed by atoms with E-state index in [0.29, 0.717) is 0 Å². The third-order valence-electron chi connectivity index (χ3n) is 3.29. The van der Waals surface area contributed by atoms with Crippen LogP contribution in [0.3, 0.4) is 0 Å². The van der Waals surface area contributed by atoms with Crippen molar-refractivity contribution in [1.29, 1.82) is 0 Å². The average Bonchev–Trinajstić information content (AvgIpc) is 2.75. The number of carbonyl (C=O) groups excluding carboxylic acids is 1. The van der Waals surface area contributed by atoms with Gasteiger partial charge in [-0.1, -0.05) is 6.92 Å². The topological polar surface area (TPSA) is 140 Å². The molecule has 9 heteroatoms. The van der Waals surface area contributed by atoms with Gasteiger partial charge in [-0.15, -0.1) is 0 Å². The van der Waals surface area contributed by atoms with Crippen LogP contribution in [0.5, 0.6) is 0 Å². The highest BCUT2D eigenvalue weighted by atomic mass is 16.5. The van der Waals surface area contributed by atoms with Gasteiger partial charge in [0.05, 0.1) is 12.6 Å². The molecule has 1 aliphatic heterocycles. The van der Waals surface area contributed by atoms with Crippen molar-refractivity contribution in [2.45, 2.75) is 37.8 Å². The van der Waals surface area contributed by atoms with E-state index in [1.165, 1.54) is 12.3 Å². The van der Waals surface area contributed by atoms with Crippen molar-refractivity contribution >= 4 is 11.7 Å². The Balaban J connectivity index is 2.22. The van der Waals surface area contributed by atoms with Crippen molar-refractivity contribution < 1.29 is 19.7 Å². The molecule has 0 aromatic carbocycles. The fourth-order valence-corrected chi connectivity index (χ4v) is 2.08. The van der Waals surface area contributed by atoms with Gasteiger partial charge < -0.3 is 26.0 Å². The minimum atomic E-state index is -1.08. The van der Waals surface area contributed by atoms with E-state index in [1.54, 1.807) is 6.92 Å². The third-order valence-corrected chi connectivity index (χ3v) is 3.29. The van der Waals surface area contributed by atoms with Crippen molar-refractivity contribution in [2.24, 2.45) is 5.73 Å². The smallest absolute Gasteiger partial charge is 0.351 e. The van der Waals surface area contributed by atoms with Gasteiger partial charge in [0.25, 0.3) is 0 Å². The van der Waals surface area contributed by atoms with Crippen molar-refractivity contribution in [1.82, 2.24) is 9.55 Å². The van der Waals surface area contributed by atoms with Crippen molar-refractivity contribution in [3.8, 4) is 0 Å². The summed E-state index contributed by atoms with van der Waals surface area (Å²) in [6.07, 6.45) is -1.21. The molecule has 0 aliphatic carbocycles. The molecule has 1 fully saturated rings. The lowest BCUT2D eigenvalue weighted by Gasteiger charge is -2.18. The Morgan fingerprint density at radius 1 is 1.62 bits per heavy atom. The van der Waals surface area contributed by atoms with E-state index in [2.05, 4.69) is 10.3 Å². The molecular weight excluding hydrogens is 280 g/mol. The highest BCUT2D eigenvalue weighted by Gasteiger charge is 2.42. The quantitative estimate of drug-likeness (QED) is 0.512. The molecule has 116 valence electrons. The van der Waals surface area contributed by atoms with Gasteiger partial charge in [-0.05, 0) is 6.07 Å². The van der Waals surface area contributed by atoms with Gasteiger partial charge in [0.15, 0.2) is 6.23 Å². The first-order valence-electron chi connectivity index (χ1n) is 6.57. The van der Waals surface area contributed by atoms with Crippen LogP contribution < -0.4 is 16.7 Å². The molecule has 2 rings (SSSR count). The van der Waals surface area contributed by atoms with Gasteiger partial charge >= 0.3 is 5.69 Å². The van der Waals surface area contributed by atoms with Crippen LogP contribution in [0.1, 0.15) is 19.6 Å². The molecule has 4 atom stereocenters. The highest BCUT2D eigenvalue weighted by molar-refractivity contribution is 5.89. The number of anilines is 1. The minimum absolute atomic E-state index is 0.133. The summed E-state index contributed by atoms with van der Waals surface area (Å²) in [6, 6.07) is 0.571. The van der Waals surface area contributed by atoms with Gasteiger partial charge in [0.1, 0.15) is 18.0 Å². The number of nitrogens with zero attached hydrogens (tertiary/aromatic N) is 2. The standard InChI is InChI=1S/C12H18N4O5/c1-2-8(18)14-7-3-4-16(12(20)15-7)11-9(13)10(19)6(5-17)21-11/h3-4,6,9-11,17,19H,2,5,13H2,1H3,(H,14,15,18,20)/t6-,9+,10-,11-/m1/s1. The Kier molecular flexibility index (Phi) is 4.68. The second-order valence-electron chi connectivity index (χ2n) is 4.72. The zero-order chi connectivity index (χ0) is 15.6. The second kappa shape index (κ2) is 6.31. The van der Waals surface area contributed by atoms with Crippen molar-refractivity contribution in [3.63, 3.8) is 0 Å². The van der Waals surface area contributed by atoms with E-state index in [9.17, 15) is 14.7 Å². The molecule has 2 heterocycles. The number of aliphatic hydroxyl groups excluding tert-OH is 2. The number of nitrogens with one attached hydrogen (secondary N) is 1. The van der Waals surface area contributed by atoms with Crippen molar-refractivity contribution in [3.05, 3.63) is 22.7 Å². The normalized spacial score (nSPS) is 28.6. The lowest BCUT2D eigenvalue weighted by Crippen LogP contribution is -2.42. The summed E-state index contributed by atoms with van der Waals surface area (Å²) in [5.41, 5.74) is 5.12. The maximum absolute atomic E-state index is 12.0. The van der Waals surface area contributed by atoms with E-state index in [-0.39, 0.29) is 18.1 Å². The molecule has 0 bridgehead atoms. The number of aliphatic hydroxyl groups is 2. The Bertz CT molecular complexity index is 575. The Labute approximate surface area is 120 Å². The van der Waals surface area contributed by atoms with Crippen LogP contribution in [0.2, 0.25) is 0 Å². The third kappa shape index (κ3) is 3.10. The van der Waals surface area contributed by atoms with Gasteiger partial charge in [-0.25, -0.2) is 4.79 Å². The molecule has 5 N–H and O–H groups in total. The summed E-state index contributed by atoms with van der Waals surface area (Å²) in [4.78, 5) is 26.9. The minimum Gasteiger partial charge on any atom is -0.394 e. The van der Waals surface area contributed by atoms with Crippen LogP contribution in [-0.4, -0.2) is 50.5 Å². The number of nitrogens with two attached hydrogens (primary N) is 1. The predicted octanol–water partition coefficient (Wildman–Crippen LogP) is -1.83. The lowest BCUT2D eigenvalue weighted by atomic mass is 10.1. The van der Waals surface area contributed by atoms with E-state index < -0.39 is 36.8 Å². The second-order valence-corrected chi connectivity index (χ2v) is 4.72. The van der Waals surface area contributed by atoms with E-state index in [4.69, 9.17) is 15.6 Å². The monoisotopic (exact) mass is 298 g/mol. The first-order valence-corrected chi connectivity index (χ1v) is 6.57. The summed E-state index contributed by atoms with van der Waals surface area (Å²) >= 11 is 0. The fraction of sp³-hybridized carbons (Fsp3) is 0.583. The number of hydrogen-bond donors (Lipinski definition) is 4. The average molecular weight is 298 g/mol. The number of hydrogen-bond acceptors (Lipinski definition) is 7. The molecule has 9 nitrogen and oxygen atoms in total. The SMILES string of the molecule is CCC(=O)Nc1ccn([C@@H]2O[C@H](CO)[C@@H](O)[C@@H]2N)c(=O)n1. The summed E-state index contributed by atoms with van der Waals surface area (Å²) in [5.74, 6) is -0.127.